The molecule has 5 nitrogen and oxygen atoms in total. The number of halogens is 1. The molecule has 1 amide bonds. The molecule has 0 saturated heterocycles. The summed E-state index contributed by atoms with van der Waals surface area (Å²) < 4.78 is 14.2. The Kier molecular flexibility index (Phi) is 5.57. The number of aromatic nitrogens is 1. The topological polar surface area (TPSA) is 70.5 Å². The molecule has 0 fully saturated rings. The van der Waals surface area contributed by atoms with Crippen LogP contribution in [0.3, 0.4) is 0 Å². The number of benzene rings is 1. The molecule has 0 radical (unpaired) electrons. The number of aromatic carboxylic acids is 1. The molecular weight excluding hydrogens is 343 g/mol. The smallest absolute Gasteiger partial charge is 0.335 e. The average molecular weight is 364 g/mol. The standard InChI is InChI=1S/C18H21FN2O3S/c1-9(2)16-20-10(3)15(25-16)11(4)21(5)17(22)13-7-6-12(18(23)24)8-14(13)19/h6-9,11H,1-5H3,(H,23,24). The number of carbonyl (C=O) groups is 2. The minimum atomic E-state index is -1.24. The van der Waals surface area contributed by atoms with Crippen LogP contribution in [-0.2, 0) is 0 Å². The van der Waals surface area contributed by atoms with Crippen molar-refractivity contribution < 1.29 is 19.1 Å². The largest absolute Gasteiger partial charge is 0.478 e. The van der Waals surface area contributed by atoms with Gasteiger partial charge in [-0.05, 0) is 32.0 Å². The molecule has 1 aromatic carbocycles. The van der Waals surface area contributed by atoms with Gasteiger partial charge in [0, 0.05) is 17.8 Å². The number of rotatable bonds is 5. The number of carboxylic acid groups (broad SMARTS) is 1. The third kappa shape index (κ3) is 3.87. The molecule has 0 aliphatic heterocycles. The minimum absolute atomic E-state index is 0.148. The Morgan fingerprint density at radius 2 is 1.92 bits per heavy atom. The van der Waals surface area contributed by atoms with Gasteiger partial charge in [0.1, 0.15) is 5.82 Å². The Hall–Kier alpha value is -2.28. The van der Waals surface area contributed by atoms with E-state index in [9.17, 15) is 14.0 Å². The fourth-order valence-electron chi connectivity index (χ4n) is 2.43. The highest BCUT2D eigenvalue weighted by Crippen LogP contribution is 2.32. The average Bonchev–Trinajstić information content (AvgIpc) is 2.94. The molecule has 1 aromatic heterocycles. The third-order valence-electron chi connectivity index (χ3n) is 4.07. The van der Waals surface area contributed by atoms with E-state index in [2.05, 4.69) is 18.8 Å². The van der Waals surface area contributed by atoms with Gasteiger partial charge in [0.15, 0.2) is 0 Å². The van der Waals surface area contributed by atoms with Crippen molar-refractivity contribution in [3.8, 4) is 0 Å². The number of thiazole rings is 1. The summed E-state index contributed by atoms with van der Waals surface area (Å²) in [6.45, 7) is 7.88. The zero-order valence-electron chi connectivity index (χ0n) is 14.8. The molecule has 0 bridgehead atoms. The number of hydrogen-bond acceptors (Lipinski definition) is 4. The van der Waals surface area contributed by atoms with Gasteiger partial charge in [-0.2, -0.15) is 0 Å². The van der Waals surface area contributed by atoms with E-state index in [1.165, 1.54) is 17.0 Å². The summed E-state index contributed by atoms with van der Waals surface area (Å²) in [6.07, 6.45) is 0. The van der Waals surface area contributed by atoms with Gasteiger partial charge in [-0.25, -0.2) is 14.2 Å². The maximum Gasteiger partial charge on any atom is 0.335 e. The molecule has 7 heteroatoms. The van der Waals surface area contributed by atoms with Crippen molar-refractivity contribution in [3.05, 3.63) is 50.7 Å². The highest BCUT2D eigenvalue weighted by Gasteiger charge is 2.25. The molecule has 1 N–H and O–H groups in total. The second-order valence-electron chi connectivity index (χ2n) is 6.25. The lowest BCUT2D eigenvalue weighted by molar-refractivity contribution is 0.0691. The van der Waals surface area contributed by atoms with Crippen LogP contribution in [0.5, 0.6) is 0 Å². The van der Waals surface area contributed by atoms with Crippen molar-refractivity contribution in [1.82, 2.24) is 9.88 Å². The van der Waals surface area contributed by atoms with Crippen molar-refractivity contribution in [3.63, 3.8) is 0 Å². The normalized spacial score (nSPS) is 12.3. The lowest BCUT2D eigenvalue weighted by atomic mass is 10.1. The first-order valence-corrected chi connectivity index (χ1v) is 8.72. The number of carbonyl (C=O) groups excluding carboxylic acids is 1. The molecule has 134 valence electrons. The summed E-state index contributed by atoms with van der Waals surface area (Å²) >= 11 is 1.55. The number of hydrogen-bond donors (Lipinski definition) is 1. The molecule has 1 atom stereocenters. The predicted octanol–water partition coefficient (Wildman–Crippen LogP) is 4.25. The molecule has 0 aliphatic carbocycles. The van der Waals surface area contributed by atoms with Gasteiger partial charge < -0.3 is 10.0 Å². The van der Waals surface area contributed by atoms with Crippen molar-refractivity contribution in [1.29, 1.82) is 0 Å². The van der Waals surface area contributed by atoms with Crippen molar-refractivity contribution in [2.45, 2.75) is 39.7 Å². The van der Waals surface area contributed by atoms with Crippen LogP contribution >= 0.6 is 11.3 Å². The van der Waals surface area contributed by atoms with Gasteiger partial charge in [-0.1, -0.05) is 13.8 Å². The number of carboxylic acids is 1. The molecule has 2 rings (SSSR count). The molecule has 0 saturated carbocycles. The first-order valence-electron chi connectivity index (χ1n) is 7.90. The van der Waals surface area contributed by atoms with E-state index in [0.717, 1.165) is 21.6 Å². The summed E-state index contributed by atoms with van der Waals surface area (Å²) in [4.78, 5) is 30.5. The second-order valence-corrected chi connectivity index (χ2v) is 7.31. The number of nitrogens with zero attached hydrogens (tertiary/aromatic N) is 2. The van der Waals surface area contributed by atoms with E-state index >= 15 is 0 Å². The number of aryl methyl sites for hydroxylation is 1. The van der Waals surface area contributed by atoms with E-state index in [4.69, 9.17) is 5.11 Å². The van der Waals surface area contributed by atoms with Crippen LogP contribution in [0.1, 0.15) is 69.0 Å². The molecule has 1 unspecified atom stereocenters. The quantitative estimate of drug-likeness (QED) is 0.861. The van der Waals surface area contributed by atoms with Gasteiger partial charge in [-0.3, -0.25) is 4.79 Å². The van der Waals surface area contributed by atoms with E-state index in [0.29, 0.717) is 5.92 Å². The van der Waals surface area contributed by atoms with E-state index in [-0.39, 0.29) is 17.2 Å². The Balaban J connectivity index is 2.29. The minimum Gasteiger partial charge on any atom is -0.478 e. The van der Waals surface area contributed by atoms with Crippen molar-refractivity contribution in [2.75, 3.05) is 7.05 Å². The van der Waals surface area contributed by atoms with Crippen LogP contribution in [0, 0.1) is 12.7 Å². The van der Waals surface area contributed by atoms with Crippen LogP contribution < -0.4 is 0 Å². The first-order chi connectivity index (χ1) is 11.6. The summed E-state index contributed by atoms with van der Waals surface area (Å²) in [5.74, 6) is -2.28. The van der Waals surface area contributed by atoms with Gasteiger partial charge >= 0.3 is 5.97 Å². The van der Waals surface area contributed by atoms with Gasteiger partial charge in [-0.15, -0.1) is 11.3 Å². The van der Waals surface area contributed by atoms with Crippen LogP contribution in [0.15, 0.2) is 18.2 Å². The van der Waals surface area contributed by atoms with E-state index in [1.807, 2.05) is 13.8 Å². The van der Waals surface area contributed by atoms with E-state index in [1.54, 1.807) is 18.4 Å². The van der Waals surface area contributed by atoms with Crippen LogP contribution in [0.4, 0.5) is 4.39 Å². The van der Waals surface area contributed by atoms with Gasteiger partial charge in [0.05, 0.1) is 27.9 Å². The second kappa shape index (κ2) is 7.31. The molecule has 2 aromatic rings. The predicted molar refractivity (Wildman–Crippen MR) is 94.8 cm³/mol. The van der Waals surface area contributed by atoms with Gasteiger partial charge in [0.2, 0.25) is 0 Å². The van der Waals surface area contributed by atoms with Crippen LogP contribution in [-0.4, -0.2) is 33.9 Å². The van der Waals surface area contributed by atoms with Crippen LogP contribution in [0.25, 0.3) is 0 Å². The molecular formula is C18H21FN2O3S. The van der Waals surface area contributed by atoms with Gasteiger partial charge in [0.25, 0.3) is 5.91 Å². The highest BCUT2D eigenvalue weighted by molar-refractivity contribution is 7.11. The number of amides is 1. The lowest BCUT2D eigenvalue weighted by Gasteiger charge is -2.24. The Bertz CT molecular complexity index is 817. The molecule has 25 heavy (non-hydrogen) atoms. The Morgan fingerprint density at radius 1 is 1.28 bits per heavy atom. The zero-order valence-corrected chi connectivity index (χ0v) is 15.6. The van der Waals surface area contributed by atoms with Crippen molar-refractivity contribution >= 4 is 23.2 Å². The SMILES string of the molecule is Cc1nc(C(C)C)sc1C(C)N(C)C(=O)c1ccc(C(=O)O)cc1F. The summed E-state index contributed by atoms with van der Waals surface area (Å²) in [6, 6.07) is 3.04. The Morgan fingerprint density at radius 3 is 2.40 bits per heavy atom. The maximum atomic E-state index is 14.2. The maximum absolute atomic E-state index is 14.2. The summed E-state index contributed by atoms with van der Waals surface area (Å²) in [5, 5.41) is 9.89. The highest BCUT2D eigenvalue weighted by atomic mass is 32.1. The lowest BCUT2D eigenvalue weighted by Crippen LogP contribution is -2.30. The Labute approximate surface area is 150 Å². The third-order valence-corrected chi connectivity index (χ3v) is 5.70. The molecule has 1 heterocycles. The summed E-state index contributed by atoms with van der Waals surface area (Å²) in [5.41, 5.74) is 0.526. The monoisotopic (exact) mass is 364 g/mol. The molecule has 0 spiro atoms. The molecule has 0 aliphatic rings. The van der Waals surface area contributed by atoms with Crippen LogP contribution in [0.2, 0.25) is 0 Å². The fraction of sp³-hybridized carbons (Fsp3) is 0.389. The van der Waals surface area contributed by atoms with E-state index < -0.39 is 17.7 Å². The first kappa shape index (κ1) is 19.1. The zero-order chi connectivity index (χ0) is 18.9. The fourth-order valence-corrected chi connectivity index (χ4v) is 3.59. The summed E-state index contributed by atoms with van der Waals surface area (Å²) in [7, 11) is 1.60. The van der Waals surface area contributed by atoms with Crippen molar-refractivity contribution in [2.24, 2.45) is 0 Å².